The first kappa shape index (κ1) is 12.0. The van der Waals surface area contributed by atoms with Gasteiger partial charge in [0.2, 0.25) is 0 Å². The Bertz CT molecular complexity index is 279. The van der Waals surface area contributed by atoms with E-state index in [9.17, 15) is 4.79 Å². The van der Waals surface area contributed by atoms with Crippen LogP contribution in [0.15, 0.2) is 17.5 Å². The van der Waals surface area contributed by atoms with Gasteiger partial charge in [-0.1, -0.05) is 13.8 Å². The molecule has 0 aliphatic carbocycles. The molecule has 0 unspecified atom stereocenters. The predicted molar refractivity (Wildman–Crippen MR) is 62.5 cm³/mol. The fourth-order valence-corrected chi connectivity index (χ4v) is 1.87. The van der Waals surface area contributed by atoms with Crippen molar-refractivity contribution in [1.29, 1.82) is 0 Å². The molecule has 3 nitrogen and oxygen atoms in total. The number of amides is 1. The highest BCUT2D eigenvalue weighted by atomic mass is 32.1. The van der Waals surface area contributed by atoms with Crippen molar-refractivity contribution in [3.63, 3.8) is 0 Å². The Morgan fingerprint density at radius 3 is 2.53 bits per heavy atom. The Labute approximate surface area is 94.7 Å². The third-order valence-corrected chi connectivity index (χ3v) is 2.67. The van der Waals surface area contributed by atoms with E-state index < -0.39 is 0 Å². The molecule has 0 radical (unpaired) electrons. The first-order valence-electron chi connectivity index (χ1n) is 5.28. The normalized spacial score (nSPS) is 10.0. The van der Waals surface area contributed by atoms with Gasteiger partial charge in [0.05, 0.1) is 0 Å². The molecule has 0 aliphatic rings. The number of hydrogen-bond donors (Lipinski definition) is 0. The van der Waals surface area contributed by atoms with Crippen LogP contribution in [0, 0.1) is 0 Å². The minimum atomic E-state index is -0.235. The van der Waals surface area contributed by atoms with E-state index in [0.29, 0.717) is 5.06 Å². The molecular weight excluding hydrogens is 210 g/mol. The fourth-order valence-electron chi connectivity index (χ4n) is 1.31. The van der Waals surface area contributed by atoms with Gasteiger partial charge in [-0.15, -0.1) is 11.3 Å². The molecule has 0 spiro atoms. The van der Waals surface area contributed by atoms with Crippen LogP contribution in [-0.4, -0.2) is 24.1 Å². The smallest absolute Gasteiger partial charge is 0.399 e. The lowest BCUT2D eigenvalue weighted by Crippen LogP contribution is -2.34. The van der Waals surface area contributed by atoms with Crippen LogP contribution in [-0.2, 0) is 0 Å². The van der Waals surface area contributed by atoms with E-state index in [1.807, 2.05) is 11.4 Å². The van der Waals surface area contributed by atoms with E-state index in [-0.39, 0.29) is 6.09 Å². The topological polar surface area (TPSA) is 29.5 Å². The summed E-state index contributed by atoms with van der Waals surface area (Å²) in [4.78, 5) is 13.5. The zero-order chi connectivity index (χ0) is 11.1. The van der Waals surface area contributed by atoms with Crippen molar-refractivity contribution >= 4 is 17.4 Å². The largest absolute Gasteiger partial charge is 0.416 e. The zero-order valence-corrected chi connectivity index (χ0v) is 10.0. The molecule has 0 bridgehead atoms. The number of ether oxygens (including phenoxy) is 1. The first-order chi connectivity index (χ1) is 7.27. The monoisotopic (exact) mass is 227 g/mol. The van der Waals surface area contributed by atoms with Crippen LogP contribution >= 0.6 is 11.3 Å². The third kappa shape index (κ3) is 3.91. The van der Waals surface area contributed by atoms with Crippen LogP contribution in [0.1, 0.15) is 26.7 Å². The second kappa shape index (κ2) is 6.45. The Morgan fingerprint density at radius 2 is 2.07 bits per heavy atom. The van der Waals surface area contributed by atoms with Crippen molar-refractivity contribution in [3.8, 4) is 5.06 Å². The van der Waals surface area contributed by atoms with Crippen LogP contribution in [0.3, 0.4) is 0 Å². The Balaban J connectivity index is 2.48. The van der Waals surface area contributed by atoms with E-state index in [1.165, 1.54) is 11.3 Å². The molecule has 1 rings (SSSR count). The maximum Gasteiger partial charge on any atom is 0.416 e. The summed E-state index contributed by atoms with van der Waals surface area (Å²) in [6.07, 6.45) is 1.68. The van der Waals surface area contributed by atoms with Gasteiger partial charge in [0.25, 0.3) is 0 Å². The standard InChI is InChI=1S/C11H17NO2S/c1-3-7-12(8-4-2)11(13)14-10-6-5-9-15-10/h5-6,9H,3-4,7-8H2,1-2H3. The molecule has 15 heavy (non-hydrogen) atoms. The SMILES string of the molecule is CCCN(CCC)C(=O)Oc1cccs1. The van der Waals surface area contributed by atoms with Gasteiger partial charge >= 0.3 is 6.09 Å². The lowest BCUT2D eigenvalue weighted by Gasteiger charge is -2.19. The number of hydrogen-bond acceptors (Lipinski definition) is 3. The van der Waals surface area contributed by atoms with Crippen molar-refractivity contribution in [1.82, 2.24) is 4.90 Å². The summed E-state index contributed by atoms with van der Waals surface area (Å²) in [7, 11) is 0. The summed E-state index contributed by atoms with van der Waals surface area (Å²) in [5.74, 6) is 0. The summed E-state index contributed by atoms with van der Waals surface area (Å²) < 4.78 is 5.23. The molecule has 0 aromatic carbocycles. The lowest BCUT2D eigenvalue weighted by molar-refractivity contribution is 0.153. The quantitative estimate of drug-likeness (QED) is 0.772. The van der Waals surface area contributed by atoms with Gasteiger partial charge < -0.3 is 9.64 Å². The second-order valence-corrected chi connectivity index (χ2v) is 4.20. The molecule has 0 saturated carbocycles. The zero-order valence-electron chi connectivity index (χ0n) is 9.23. The second-order valence-electron chi connectivity index (χ2n) is 3.29. The summed E-state index contributed by atoms with van der Waals surface area (Å²) in [5, 5.41) is 2.56. The van der Waals surface area contributed by atoms with Crippen LogP contribution in [0.4, 0.5) is 4.79 Å². The van der Waals surface area contributed by atoms with Gasteiger partial charge in [-0.3, -0.25) is 0 Å². The molecular formula is C11H17NO2S. The van der Waals surface area contributed by atoms with Crippen LogP contribution in [0.25, 0.3) is 0 Å². The average molecular weight is 227 g/mol. The molecule has 0 fully saturated rings. The highest BCUT2D eigenvalue weighted by Gasteiger charge is 2.13. The minimum absolute atomic E-state index is 0.235. The number of carbonyl (C=O) groups is 1. The summed E-state index contributed by atoms with van der Waals surface area (Å²) >= 11 is 1.44. The van der Waals surface area contributed by atoms with Crippen molar-refractivity contribution < 1.29 is 9.53 Å². The van der Waals surface area contributed by atoms with Crippen molar-refractivity contribution in [2.24, 2.45) is 0 Å². The molecule has 0 atom stereocenters. The molecule has 0 N–H and O–H groups in total. The highest BCUT2D eigenvalue weighted by molar-refractivity contribution is 7.11. The van der Waals surface area contributed by atoms with Crippen molar-refractivity contribution in [2.45, 2.75) is 26.7 Å². The van der Waals surface area contributed by atoms with E-state index >= 15 is 0 Å². The molecule has 1 heterocycles. The summed E-state index contributed by atoms with van der Waals surface area (Å²) in [6, 6.07) is 3.68. The summed E-state index contributed by atoms with van der Waals surface area (Å²) in [6.45, 7) is 5.64. The number of nitrogens with zero attached hydrogens (tertiary/aromatic N) is 1. The van der Waals surface area contributed by atoms with E-state index in [1.54, 1.807) is 11.0 Å². The van der Waals surface area contributed by atoms with Gasteiger partial charge in [-0.2, -0.15) is 0 Å². The van der Waals surface area contributed by atoms with Crippen LogP contribution in [0.5, 0.6) is 5.06 Å². The number of carbonyl (C=O) groups excluding carboxylic acids is 1. The maximum absolute atomic E-state index is 11.7. The van der Waals surface area contributed by atoms with Gasteiger partial charge in [-0.25, -0.2) is 4.79 Å². The molecule has 4 heteroatoms. The fraction of sp³-hybridized carbons (Fsp3) is 0.545. The van der Waals surface area contributed by atoms with E-state index in [0.717, 1.165) is 25.9 Å². The minimum Gasteiger partial charge on any atom is -0.399 e. The molecule has 0 aliphatic heterocycles. The molecule has 1 aromatic rings. The van der Waals surface area contributed by atoms with Gasteiger partial charge in [0, 0.05) is 13.1 Å². The van der Waals surface area contributed by atoms with Gasteiger partial charge in [0.15, 0.2) is 5.06 Å². The molecule has 1 aromatic heterocycles. The van der Waals surface area contributed by atoms with Crippen molar-refractivity contribution in [3.05, 3.63) is 17.5 Å². The lowest BCUT2D eigenvalue weighted by atomic mass is 10.4. The average Bonchev–Trinajstić information content (AvgIpc) is 2.70. The predicted octanol–water partition coefficient (Wildman–Crippen LogP) is 3.37. The van der Waals surface area contributed by atoms with Gasteiger partial charge in [-0.05, 0) is 30.4 Å². The number of rotatable bonds is 5. The Morgan fingerprint density at radius 1 is 1.40 bits per heavy atom. The summed E-state index contributed by atoms with van der Waals surface area (Å²) in [5.41, 5.74) is 0. The Hall–Kier alpha value is -1.03. The first-order valence-corrected chi connectivity index (χ1v) is 6.16. The molecule has 1 amide bonds. The maximum atomic E-state index is 11.7. The van der Waals surface area contributed by atoms with Crippen LogP contribution in [0.2, 0.25) is 0 Å². The van der Waals surface area contributed by atoms with E-state index in [2.05, 4.69) is 13.8 Å². The molecule has 0 saturated heterocycles. The third-order valence-electron chi connectivity index (χ3n) is 1.93. The van der Waals surface area contributed by atoms with Crippen LogP contribution < -0.4 is 4.74 Å². The van der Waals surface area contributed by atoms with Gasteiger partial charge in [0.1, 0.15) is 0 Å². The number of thiophene rings is 1. The molecule has 84 valence electrons. The Kier molecular flexibility index (Phi) is 5.18. The van der Waals surface area contributed by atoms with Crippen molar-refractivity contribution in [2.75, 3.05) is 13.1 Å². The highest BCUT2D eigenvalue weighted by Crippen LogP contribution is 2.19. The van der Waals surface area contributed by atoms with E-state index in [4.69, 9.17) is 4.74 Å².